The Balaban J connectivity index is 2.07. The molecule has 0 amide bonds. The van der Waals surface area contributed by atoms with Gasteiger partial charge in [-0.3, -0.25) is 4.98 Å². The molecule has 162 valence electrons. The summed E-state index contributed by atoms with van der Waals surface area (Å²) in [7, 11) is 0. The van der Waals surface area contributed by atoms with Gasteiger partial charge in [0.05, 0.1) is 22.9 Å². The first-order chi connectivity index (χ1) is 14.3. The zero-order valence-electron chi connectivity index (χ0n) is 14.9. The lowest BCUT2D eigenvalue weighted by Gasteiger charge is -2.13. The Morgan fingerprint density at radius 1 is 0.968 bits per heavy atom. The Morgan fingerprint density at radius 3 is 2.10 bits per heavy atom. The van der Waals surface area contributed by atoms with Crippen molar-refractivity contribution < 1.29 is 40.6 Å². The standard InChI is InChI=1S/C18H9F7N4O2/c19-13-3-10(5-26-6-13)14(16(30)31)7-29-8-27-15(28-29)9-1-11(17(20,21)22)4-12(2-9)18(23,24)25/h1-8H,(H,30,31)/b14-7+. The van der Waals surface area contributed by atoms with E-state index in [0.717, 1.165) is 35.7 Å². The minimum atomic E-state index is -5.06. The van der Waals surface area contributed by atoms with E-state index in [1.807, 2.05) is 0 Å². The van der Waals surface area contributed by atoms with Crippen LogP contribution in [0, 0.1) is 5.82 Å². The summed E-state index contributed by atoms with van der Waals surface area (Å²) in [6.45, 7) is 0. The third kappa shape index (κ3) is 5.05. The molecule has 0 atom stereocenters. The number of pyridine rings is 1. The van der Waals surface area contributed by atoms with Gasteiger partial charge in [0.2, 0.25) is 0 Å². The Labute approximate surface area is 168 Å². The number of alkyl halides is 6. The number of carboxylic acid groups (broad SMARTS) is 1. The molecule has 31 heavy (non-hydrogen) atoms. The average Bonchev–Trinajstić information content (AvgIpc) is 3.13. The lowest BCUT2D eigenvalue weighted by atomic mass is 10.0. The molecule has 1 N–H and O–H groups in total. The smallest absolute Gasteiger partial charge is 0.416 e. The second-order valence-corrected chi connectivity index (χ2v) is 6.08. The van der Waals surface area contributed by atoms with Gasteiger partial charge in [-0.2, -0.15) is 26.3 Å². The first-order valence-electron chi connectivity index (χ1n) is 8.11. The van der Waals surface area contributed by atoms with E-state index in [2.05, 4.69) is 15.1 Å². The van der Waals surface area contributed by atoms with Crippen LogP contribution in [0.1, 0.15) is 16.7 Å². The minimum Gasteiger partial charge on any atom is -0.478 e. The van der Waals surface area contributed by atoms with E-state index in [1.54, 1.807) is 0 Å². The van der Waals surface area contributed by atoms with E-state index in [4.69, 9.17) is 0 Å². The van der Waals surface area contributed by atoms with Crippen molar-refractivity contribution in [1.29, 1.82) is 0 Å². The van der Waals surface area contributed by atoms with Gasteiger partial charge in [-0.25, -0.2) is 18.9 Å². The molecule has 13 heteroatoms. The molecular weight excluding hydrogens is 437 g/mol. The second-order valence-electron chi connectivity index (χ2n) is 6.08. The number of hydrogen-bond acceptors (Lipinski definition) is 4. The van der Waals surface area contributed by atoms with E-state index in [-0.39, 0.29) is 11.6 Å². The van der Waals surface area contributed by atoms with Gasteiger partial charge >= 0.3 is 18.3 Å². The monoisotopic (exact) mass is 446 g/mol. The number of aromatic nitrogens is 4. The van der Waals surface area contributed by atoms with Crippen LogP contribution in [0.3, 0.4) is 0 Å². The number of nitrogens with zero attached hydrogens (tertiary/aromatic N) is 4. The predicted molar refractivity (Wildman–Crippen MR) is 91.5 cm³/mol. The van der Waals surface area contributed by atoms with Crippen LogP contribution in [0.4, 0.5) is 30.7 Å². The van der Waals surface area contributed by atoms with Crippen LogP contribution in [-0.2, 0) is 17.1 Å². The number of hydrogen-bond donors (Lipinski definition) is 1. The van der Waals surface area contributed by atoms with Crippen molar-refractivity contribution in [3.05, 3.63) is 65.5 Å². The number of carbonyl (C=O) groups is 1. The molecule has 6 nitrogen and oxygen atoms in total. The van der Waals surface area contributed by atoms with Crippen molar-refractivity contribution in [3.63, 3.8) is 0 Å². The highest BCUT2D eigenvalue weighted by molar-refractivity contribution is 6.19. The Hall–Kier alpha value is -3.77. The fourth-order valence-corrected chi connectivity index (χ4v) is 2.50. The summed E-state index contributed by atoms with van der Waals surface area (Å²) in [5.41, 5.74) is -4.34. The van der Waals surface area contributed by atoms with Crippen molar-refractivity contribution in [2.75, 3.05) is 0 Å². The third-order valence-electron chi connectivity index (χ3n) is 3.86. The molecule has 0 aliphatic rings. The summed E-state index contributed by atoms with van der Waals surface area (Å²) in [5.74, 6) is -2.86. The number of halogens is 7. The van der Waals surface area contributed by atoms with E-state index in [9.17, 15) is 40.6 Å². The van der Waals surface area contributed by atoms with Gasteiger partial charge in [0, 0.05) is 23.5 Å². The summed E-state index contributed by atoms with van der Waals surface area (Å²) >= 11 is 0. The molecule has 1 aromatic carbocycles. The molecule has 0 aliphatic carbocycles. The summed E-state index contributed by atoms with van der Waals surface area (Å²) in [6.07, 6.45) is -6.50. The van der Waals surface area contributed by atoms with Gasteiger partial charge in [-0.05, 0) is 24.3 Å². The molecule has 2 heterocycles. The van der Waals surface area contributed by atoms with Crippen molar-refractivity contribution >= 4 is 17.7 Å². The molecule has 0 bridgehead atoms. The summed E-state index contributed by atoms with van der Waals surface area (Å²) in [5, 5.41) is 13.0. The van der Waals surface area contributed by atoms with Gasteiger partial charge in [0.15, 0.2) is 5.82 Å². The molecule has 0 radical (unpaired) electrons. The zero-order valence-corrected chi connectivity index (χ0v) is 14.9. The van der Waals surface area contributed by atoms with Crippen molar-refractivity contribution in [3.8, 4) is 11.4 Å². The molecule has 0 fully saturated rings. The number of aliphatic carboxylic acids is 1. The highest BCUT2D eigenvalue weighted by atomic mass is 19.4. The van der Waals surface area contributed by atoms with E-state index >= 15 is 0 Å². The Morgan fingerprint density at radius 2 is 1.58 bits per heavy atom. The van der Waals surface area contributed by atoms with Crippen LogP contribution in [0.15, 0.2) is 43.0 Å². The maximum atomic E-state index is 13.3. The maximum absolute atomic E-state index is 13.3. The first kappa shape index (κ1) is 21.9. The molecule has 2 aromatic heterocycles. The van der Waals surface area contributed by atoms with Gasteiger partial charge in [0.1, 0.15) is 12.1 Å². The van der Waals surface area contributed by atoms with Gasteiger partial charge in [-0.15, -0.1) is 5.10 Å². The number of rotatable bonds is 4. The fourth-order valence-electron chi connectivity index (χ4n) is 2.50. The topological polar surface area (TPSA) is 80.9 Å². The largest absolute Gasteiger partial charge is 0.478 e. The quantitative estimate of drug-likeness (QED) is 0.468. The van der Waals surface area contributed by atoms with E-state index < -0.39 is 52.2 Å². The summed E-state index contributed by atoms with van der Waals surface area (Å²) in [6, 6.07) is 1.70. The Kier molecular flexibility index (Phi) is 5.53. The highest BCUT2D eigenvalue weighted by Gasteiger charge is 2.37. The molecule has 0 saturated heterocycles. The van der Waals surface area contributed by atoms with Gasteiger partial charge in [0.25, 0.3) is 0 Å². The van der Waals surface area contributed by atoms with E-state index in [0.29, 0.717) is 12.1 Å². The lowest BCUT2D eigenvalue weighted by molar-refractivity contribution is -0.143. The molecule has 0 aliphatic heterocycles. The van der Waals surface area contributed by atoms with Crippen LogP contribution >= 0.6 is 0 Å². The molecule has 0 spiro atoms. The molecule has 3 rings (SSSR count). The predicted octanol–water partition coefficient (Wildman–Crippen LogP) is 4.60. The van der Waals surface area contributed by atoms with Crippen LogP contribution in [0.2, 0.25) is 0 Å². The summed E-state index contributed by atoms with van der Waals surface area (Å²) in [4.78, 5) is 18.6. The minimum absolute atomic E-state index is 0.0418. The van der Waals surface area contributed by atoms with Crippen molar-refractivity contribution in [2.45, 2.75) is 12.4 Å². The fraction of sp³-hybridized carbons (Fsp3) is 0.111. The summed E-state index contributed by atoms with van der Waals surface area (Å²) < 4.78 is 92.2. The highest BCUT2D eigenvalue weighted by Crippen LogP contribution is 2.38. The molecular formula is C18H9F7N4O2. The number of benzene rings is 1. The van der Waals surface area contributed by atoms with Crippen LogP contribution in [-0.4, -0.2) is 30.8 Å². The molecule has 0 saturated carbocycles. The zero-order chi connectivity index (χ0) is 23.0. The average molecular weight is 446 g/mol. The van der Waals surface area contributed by atoms with Crippen LogP contribution < -0.4 is 0 Å². The van der Waals surface area contributed by atoms with Crippen molar-refractivity contribution in [2.24, 2.45) is 0 Å². The van der Waals surface area contributed by atoms with Crippen LogP contribution in [0.25, 0.3) is 23.2 Å². The van der Waals surface area contributed by atoms with Crippen molar-refractivity contribution in [1.82, 2.24) is 19.7 Å². The first-order valence-corrected chi connectivity index (χ1v) is 8.11. The Bertz CT molecular complexity index is 1130. The third-order valence-corrected chi connectivity index (χ3v) is 3.86. The number of carboxylic acids is 1. The van der Waals surface area contributed by atoms with Gasteiger partial charge < -0.3 is 5.11 Å². The van der Waals surface area contributed by atoms with Gasteiger partial charge in [-0.1, -0.05) is 0 Å². The molecule has 0 unspecified atom stereocenters. The SMILES string of the molecule is O=C(O)/C(=C/n1cnc(-c2cc(C(F)(F)F)cc(C(F)(F)F)c2)n1)c1cncc(F)c1. The van der Waals surface area contributed by atoms with Crippen LogP contribution in [0.5, 0.6) is 0 Å². The maximum Gasteiger partial charge on any atom is 0.416 e. The van der Waals surface area contributed by atoms with E-state index in [1.165, 1.54) is 0 Å². The normalized spacial score (nSPS) is 12.8. The second kappa shape index (κ2) is 7.81. The molecule has 3 aromatic rings. The lowest BCUT2D eigenvalue weighted by Crippen LogP contribution is -2.11.